The van der Waals surface area contributed by atoms with Crippen molar-refractivity contribution in [3.05, 3.63) is 0 Å². The van der Waals surface area contributed by atoms with E-state index in [0.717, 1.165) is 25.7 Å². The van der Waals surface area contributed by atoms with E-state index in [0.29, 0.717) is 6.61 Å². The fourth-order valence-electron chi connectivity index (χ4n) is 0.820. The number of hydrogen-bond acceptors (Lipinski definition) is 2. The standard InChI is InChI=1S/C9H16Cl2O2/c1-3-4-5-6-7-13-8(12)9(2,10)11/h3-7H2,1-2H3. The smallest absolute Gasteiger partial charge is 0.342 e. The summed E-state index contributed by atoms with van der Waals surface area (Å²) in [7, 11) is 0. The van der Waals surface area contributed by atoms with Gasteiger partial charge in [0.1, 0.15) is 0 Å². The first kappa shape index (κ1) is 13.1. The molecule has 2 nitrogen and oxygen atoms in total. The summed E-state index contributed by atoms with van der Waals surface area (Å²) in [6.45, 7) is 3.94. The zero-order chi connectivity index (χ0) is 10.3. The van der Waals surface area contributed by atoms with Crippen molar-refractivity contribution in [3.63, 3.8) is 0 Å². The summed E-state index contributed by atoms with van der Waals surface area (Å²) in [4.78, 5) is 11.0. The van der Waals surface area contributed by atoms with Crippen LogP contribution in [-0.4, -0.2) is 16.9 Å². The number of hydrogen-bond donors (Lipinski definition) is 0. The normalized spacial score (nSPS) is 11.4. The number of unbranched alkanes of at least 4 members (excludes halogenated alkanes) is 3. The number of esters is 1. The Balaban J connectivity index is 3.38. The highest BCUT2D eigenvalue weighted by atomic mass is 35.5. The van der Waals surface area contributed by atoms with Gasteiger partial charge in [0.25, 0.3) is 0 Å². The summed E-state index contributed by atoms with van der Waals surface area (Å²) >= 11 is 11.0. The molecule has 0 N–H and O–H groups in total. The molecule has 0 saturated carbocycles. The molecule has 0 rings (SSSR count). The number of rotatable bonds is 6. The van der Waals surface area contributed by atoms with Crippen molar-refractivity contribution in [2.45, 2.75) is 43.9 Å². The average molecular weight is 227 g/mol. The first-order valence-corrected chi connectivity index (χ1v) is 5.29. The predicted octanol–water partition coefficient (Wildman–Crippen LogP) is 3.30. The molecule has 0 aliphatic rings. The Kier molecular flexibility index (Phi) is 6.52. The van der Waals surface area contributed by atoms with E-state index < -0.39 is 10.3 Å². The van der Waals surface area contributed by atoms with Gasteiger partial charge >= 0.3 is 5.97 Å². The monoisotopic (exact) mass is 226 g/mol. The molecule has 0 aliphatic carbocycles. The van der Waals surface area contributed by atoms with Gasteiger partial charge in [-0.1, -0.05) is 49.4 Å². The second-order valence-corrected chi connectivity index (χ2v) is 4.79. The van der Waals surface area contributed by atoms with Gasteiger partial charge in [0.2, 0.25) is 4.33 Å². The Bertz CT molecular complexity index is 152. The summed E-state index contributed by atoms with van der Waals surface area (Å²) in [6, 6.07) is 0. The molecule has 0 aromatic rings. The topological polar surface area (TPSA) is 26.3 Å². The summed E-state index contributed by atoms with van der Waals surface area (Å²) in [6.07, 6.45) is 4.28. The second-order valence-electron chi connectivity index (χ2n) is 3.08. The van der Waals surface area contributed by atoms with E-state index >= 15 is 0 Å². The van der Waals surface area contributed by atoms with E-state index in [4.69, 9.17) is 27.9 Å². The molecule has 0 aliphatic heterocycles. The van der Waals surface area contributed by atoms with Crippen LogP contribution in [0.1, 0.15) is 39.5 Å². The van der Waals surface area contributed by atoms with Crippen LogP contribution in [0.15, 0.2) is 0 Å². The highest BCUT2D eigenvalue weighted by Crippen LogP contribution is 2.21. The van der Waals surface area contributed by atoms with Gasteiger partial charge in [0.05, 0.1) is 6.61 Å². The molecule has 0 atom stereocenters. The third-order valence-corrected chi connectivity index (χ3v) is 1.90. The minimum Gasteiger partial charge on any atom is -0.463 e. The lowest BCUT2D eigenvalue weighted by Gasteiger charge is -2.11. The van der Waals surface area contributed by atoms with Crippen LogP contribution in [-0.2, 0) is 9.53 Å². The second kappa shape index (κ2) is 6.50. The van der Waals surface area contributed by atoms with Crippen LogP contribution in [0.25, 0.3) is 0 Å². The van der Waals surface area contributed by atoms with Crippen LogP contribution < -0.4 is 0 Å². The van der Waals surface area contributed by atoms with Crippen molar-refractivity contribution in [1.82, 2.24) is 0 Å². The van der Waals surface area contributed by atoms with Crippen molar-refractivity contribution in [1.29, 1.82) is 0 Å². The molecule has 0 amide bonds. The van der Waals surface area contributed by atoms with Gasteiger partial charge in [-0.3, -0.25) is 0 Å². The third-order valence-electron chi connectivity index (χ3n) is 1.59. The van der Waals surface area contributed by atoms with E-state index in [1.54, 1.807) is 0 Å². The Morgan fingerprint density at radius 3 is 2.38 bits per heavy atom. The molecule has 0 saturated heterocycles. The van der Waals surface area contributed by atoms with Crippen LogP contribution in [0.3, 0.4) is 0 Å². The van der Waals surface area contributed by atoms with E-state index in [1.807, 2.05) is 0 Å². The van der Waals surface area contributed by atoms with Crippen molar-refractivity contribution < 1.29 is 9.53 Å². The summed E-state index contributed by atoms with van der Waals surface area (Å²) in [5, 5.41) is 0. The summed E-state index contributed by atoms with van der Waals surface area (Å²) < 4.78 is 3.44. The number of carbonyl (C=O) groups is 1. The fourth-order valence-corrected chi connectivity index (χ4v) is 0.930. The van der Waals surface area contributed by atoms with E-state index in [-0.39, 0.29) is 0 Å². The molecule has 4 heteroatoms. The minimum atomic E-state index is -1.41. The molecule has 78 valence electrons. The first-order chi connectivity index (χ1) is 5.98. The summed E-state index contributed by atoms with van der Waals surface area (Å²) in [5.41, 5.74) is 0. The Morgan fingerprint density at radius 1 is 1.31 bits per heavy atom. The van der Waals surface area contributed by atoms with Crippen LogP contribution in [0, 0.1) is 0 Å². The number of alkyl halides is 2. The van der Waals surface area contributed by atoms with Crippen LogP contribution in [0.2, 0.25) is 0 Å². The van der Waals surface area contributed by atoms with Gasteiger partial charge in [-0.25, -0.2) is 4.79 Å². The molecule has 13 heavy (non-hydrogen) atoms. The van der Waals surface area contributed by atoms with Gasteiger partial charge in [0.15, 0.2) is 0 Å². The molecule has 0 radical (unpaired) electrons. The van der Waals surface area contributed by atoms with Crippen molar-refractivity contribution in [3.8, 4) is 0 Å². The van der Waals surface area contributed by atoms with E-state index in [9.17, 15) is 4.79 Å². The largest absolute Gasteiger partial charge is 0.463 e. The van der Waals surface area contributed by atoms with E-state index in [2.05, 4.69) is 6.92 Å². The van der Waals surface area contributed by atoms with Crippen LogP contribution >= 0.6 is 23.2 Å². The zero-order valence-electron chi connectivity index (χ0n) is 8.11. The molecule has 0 aromatic heterocycles. The SMILES string of the molecule is CCCCCCOC(=O)C(C)(Cl)Cl. The van der Waals surface area contributed by atoms with Crippen molar-refractivity contribution in [2.24, 2.45) is 0 Å². The number of carbonyl (C=O) groups excluding carboxylic acids is 1. The van der Waals surface area contributed by atoms with Gasteiger partial charge in [-0.05, 0) is 13.3 Å². The molecular formula is C9H16Cl2O2. The Labute approximate surface area is 89.5 Å². The van der Waals surface area contributed by atoms with Crippen LogP contribution in [0.4, 0.5) is 0 Å². The van der Waals surface area contributed by atoms with Gasteiger partial charge in [-0.2, -0.15) is 0 Å². The third kappa shape index (κ3) is 7.15. The Hall–Kier alpha value is 0.0500. The van der Waals surface area contributed by atoms with Crippen LogP contribution in [0.5, 0.6) is 0 Å². The molecule has 0 bridgehead atoms. The highest BCUT2D eigenvalue weighted by molar-refractivity contribution is 6.57. The molecule has 0 heterocycles. The maximum atomic E-state index is 11.0. The number of halogens is 2. The molecule has 0 unspecified atom stereocenters. The van der Waals surface area contributed by atoms with Gasteiger partial charge < -0.3 is 4.74 Å². The Morgan fingerprint density at radius 2 is 1.92 bits per heavy atom. The molecular weight excluding hydrogens is 211 g/mol. The van der Waals surface area contributed by atoms with Gasteiger partial charge in [0, 0.05) is 0 Å². The predicted molar refractivity (Wildman–Crippen MR) is 55.2 cm³/mol. The van der Waals surface area contributed by atoms with E-state index in [1.165, 1.54) is 6.92 Å². The lowest BCUT2D eigenvalue weighted by Crippen LogP contribution is -2.24. The lowest BCUT2D eigenvalue weighted by molar-refractivity contribution is -0.144. The first-order valence-electron chi connectivity index (χ1n) is 4.53. The maximum absolute atomic E-state index is 11.0. The summed E-state index contributed by atoms with van der Waals surface area (Å²) in [5.74, 6) is -0.563. The maximum Gasteiger partial charge on any atom is 0.342 e. The van der Waals surface area contributed by atoms with Crippen molar-refractivity contribution >= 4 is 29.2 Å². The molecule has 0 aromatic carbocycles. The lowest BCUT2D eigenvalue weighted by atomic mass is 10.2. The molecule has 0 spiro atoms. The molecule has 0 fully saturated rings. The number of ether oxygens (including phenoxy) is 1. The van der Waals surface area contributed by atoms with Crippen molar-refractivity contribution in [2.75, 3.05) is 6.61 Å². The fraction of sp³-hybridized carbons (Fsp3) is 0.889. The average Bonchev–Trinajstić information content (AvgIpc) is 2.02. The minimum absolute atomic E-state index is 0.411. The highest BCUT2D eigenvalue weighted by Gasteiger charge is 2.28. The van der Waals surface area contributed by atoms with Gasteiger partial charge in [-0.15, -0.1) is 0 Å². The zero-order valence-corrected chi connectivity index (χ0v) is 9.62. The quantitative estimate of drug-likeness (QED) is 0.395.